The molecule has 128 valence electrons. The molecule has 0 saturated carbocycles. The Morgan fingerprint density at radius 3 is 3.08 bits per heavy atom. The van der Waals surface area contributed by atoms with Crippen LogP contribution in [0.25, 0.3) is 0 Å². The van der Waals surface area contributed by atoms with Crippen LogP contribution in [0.2, 0.25) is 0 Å². The molecule has 1 unspecified atom stereocenters. The van der Waals surface area contributed by atoms with Gasteiger partial charge in [-0.3, -0.25) is 4.79 Å². The lowest BCUT2D eigenvalue weighted by Crippen LogP contribution is -2.39. The topological polar surface area (TPSA) is 59.0 Å². The molecule has 2 heterocycles. The van der Waals surface area contributed by atoms with E-state index in [1.54, 1.807) is 6.20 Å². The first kappa shape index (κ1) is 16.7. The number of hydrogen-bond donors (Lipinski definition) is 2. The zero-order valence-electron chi connectivity index (χ0n) is 14.5. The fourth-order valence-electron chi connectivity index (χ4n) is 3.31. The molecule has 24 heavy (non-hydrogen) atoms. The summed E-state index contributed by atoms with van der Waals surface area (Å²) in [7, 11) is 0. The Morgan fingerprint density at radius 1 is 1.42 bits per heavy atom. The molecule has 5 heteroatoms. The van der Waals surface area contributed by atoms with E-state index in [1.807, 2.05) is 6.20 Å². The minimum atomic E-state index is 0.0864. The summed E-state index contributed by atoms with van der Waals surface area (Å²) < 4.78 is 2.07. The van der Waals surface area contributed by atoms with Crippen molar-refractivity contribution >= 4 is 5.91 Å². The average Bonchev–Trinajstić information content (AvgIpc) is 3.07. The molecule has 2 aromatic rings. The Hall–Kier alpha value is -2.14. The van der Waals surface area contributed by atoms with Gasteiger partial charge in [0.2, 0.25) is 5.91 Å². The van der Waals surface area contributed by atoms with Crippen LogP contribution in [0.1, 0.15) is 49.2 Å². The molecule has 0 fully saturated rings. The Labute approximate surface area is 143 Å². The van der Waals surface area contributed by atoms with Crippen molar-refractivity contribution in [3.8, 4) is 0 Å². The van der Waals surface area contributed by atoms with E-state index in [0.29, 0.717) is 25.4 Å². The number of carbonyl (C=O) groups is 1. The molecule has 3 rings (SSSR count). The van der Waals surface area contributed by atoms with Crippen molar-refractivity contribution < 1.29 is 4.79 Å². The third-order valence-corrected chi connectivity index (χ3v) is 4.56. The van der Waals surface area contributed by atoms with Crippen LogP contribution in [0, 0.1) is 0 Å². The van der Waals surface area contributed by atoms with Crippen molar-refractivity contribution in [2.45, 2.75) is 45.2 Å². The van der Waals surface area contributed by atoms with Gasteiger partial charge in [-0.15, -0.1) is 0 Å². The third-order valence-electron chi connectivity index (χ3n) is 4.56. The van der Waals surface area contributed by atoms with Crippen LogP contribution in [-0.4, -0.2) is 28.5 Å². The van der Waals surface area contributed by atoms with E-state index in [-0.39, 0.29) is 11.9 Å². The van der Waals surface area contributed by atoms with Crippen LogP contribution in [0.3, 0.4) is 0 Å². The number of nitrogens with zero attached hydrogens (tertiary/aromatic N) is 2. The lowest BCUT2D eigenvalue weighted by atomic mass is 9.94. The van der Waals surface area contributed by atoms with Crippen LogP contribution in [-0.2, 0) is 17.8 Å². The zero-order valence-corrected chi connectivity index (χ0v) is 14.5. The number of aromatic nitrogens is 2. The van der Waals surface area contributed by atoms with Crippen molar-refractivity contribution in [2.24, 2.45) is 0 Å². The fourth-order valence-corrected chi connectivity index (χ4v) is 3.31. The molecule has 0 spiro atoms. The number of amides is 1. The van der Waals surface area contributed by atoms with Gasteiger partial charge in [0.05, 0.1) is 0 Å². The predicted octanol–water partition coefficient (Wildman–Crippen LogP) is 2.40. The number of aryl methyl sites for hydroxylation is 1. The molecule has 0 aliphatic carbocycles. The minimum absolute atomic E-state index is 0.0864. The molecule has 1 aliphatic heterocycles. The van der Waals surface area contributed by atoms with Crippen molar-refractivity contribution in [3.63, 3.8) is 0 Å². The summed E-state index contributed by atoms with van der Waals surface area (Å²) in [6, 6.07) is 8.68. The summed E-state index contributed by atoms with van der Waals surface area (Å²) in [6.07, 6.45) is 5.28. The highest BCUT2D eigenvalue weighted by Gasteiger charge is 2.19. The number of nitrogens with one attached hydrogen (secondary N) is 2. The maximum Gasteiger partial charge on any atom is 0.221 e. The number of rotatable bonds is 6. The van der Waals surface area contributed by atoms with Crippen LogP contribution < -0.4 is 10.6 Å². The van der Waals surface area contributed by atoms with Gasteiger partial charge in [0, 0.05) is 43.9 Å². The Morgan fingerprint density at radius 2 is 2.25 bits per heavy atom. The highest BCUT2D eigenvalue weighted by molar-refractivity contribution is 5.75. The van der Waals surface area contributed by atoms with Crippen LogP contribution >= 0.6 is 0 Å². The Kier molecular flexibility index (Phi) is 5.30. The van der Waals surface area contributed by atoms with E-state index in [9.17, 15) is 4.79 Å². The maximum atomic E-state index is 12.2. The fraction of sp³-hybridized carbons (Fsp3) is 0.474. The zero-order chi connectivity index (χ0) is 16.9. The molecule has 5 nitrogen and oxygen atoms in total. The first-order valence-electron chi connectivity index (χ1n) is 8.74. The van der Waals surface area contributed by atoms with Gasteiger partial charge >= 0.3 is 0 Å². The molecule has 0 bridgehead atoms. The predicted molar refractivity (Wildman–Crippen MR) is 94.8 cm³/mol. The Balaban J connectivity index is 1.51. The number of carbonyl (C=O) groups excluding carboxylic acids is 1. The molecule has 0 radical (unpaired) electrons. The number of benzene rings is 1. The van der Waals surface area contributed by atoms with Crippen LogP contribution in [0.5, 0.6) is 0 Å². The first-order valence-corrected chi connectivity index (χ1v) is 8.74. The summed E-state index contributed by atoms with van der Waals surface area (Å²) in [5.74, 6) is 1.49. The van der Waals surface area contributed by atoms with Gasteiger partial charge in [0.25, 0.3) is 0 Å². The lowest BCUT2D eigenvalue weighted by Gasteiger charge is -2.27. The highest BCUT2D eigenvalue weighted by atomic mass is 16.1. The van der Waals surface area contributed by atoms with E-state index >= 15 is 0 Å². The van der Waals surface area contributed by atoms with Crippen molar-refractivity contribution in [1.29, 1.82) is 0 Å². The molecule has 1 aromatic heterocycles. The van der Waals surface area contributed by atoms with E-state index in [0.717, 1.165) is 18.8 Å². The van der Waals surface area contributed by atoms with Gasteiger partial charge in [-0.1, -0.05) is 38.1 Å². The second-order valence-electron chi connectivity index (χ2n) is 6.64. The molecule has 1 aromatic carbocycles. The average molecular weight is 326 g/mol. The minimum Gasteiger partial charge on any atom is -0.354 e. The van der Waals surface area contributed by atoms with Gasteiger partial charge in [-0.05, 0) is 24.1 Å². The number of imidazole rings is 1. The molecular weight excluding hydrogens is 300 g/mol. The van der Waals surface area contributed by atoms with Gasteiger partial charge in [0.1, 0.15) is 5.82 Å². The standard InChI is InChI=1S/C19H26N4O/c1-14(2)19-21-10-12-23(19)11-8-18(24)22-13-17-16-6-4-3-5-15(16)7-9-20-17/h3-6,10,12,14,17,20H,7-9,11,13H2,1-2H3,(H,22,24). The monoisotopic (exact) mass is 326 g/mol. The van der Waals surface area contributed by atoms with E-state index in [4.69, 9.17) is 0 Å². The maximum absolute atomic E-state index is 12.2. The van der Waals surface area contributed by atoms with Gasteiger partial charge in [0.15, 0.2) is 0 Å². The normalized spacial score (nSPS) is 16.9. The smallest absolute Gasteiger partial charge is 0.221 e. The van der Waals surface area contributed by atoms with E-state index in [2.05, 4.69) is 58.3 Å². The lowest BCUT2D eigenvalue weighted by molar-refractivity contribution is -0.121. The highest BCUT2D eigenvalue weighted by Crippen LogP contribution is 2.21. The largest absolute Gasteiger partial charge is 0.354 e. The third kappa shape index (κ3) is 3.85. The number of hydrogen-bond acceptors (Lipinski definition) is 3. The van der Waals surface area contributed by atoms with Crippen LogP contribution in [0.4, 0.5) is 0 Å². The van der Waals surface area contributed by atoms with E-state index < -0.39 is 0 Å². The second-order valence-corrected chi connectivity index (χ2v) is 6.64. The number of fused-ring (bicyclic) bond motifs is 1. The summed E-state index contributed by atoms with van der Waals surface area (Å²) in [4.78, 5) is 16.6. The van der Waals surface area contributed by atoms with Crippen molar-refractivity contribution in [1.82, 2.24) is 20.2 Å². The summed E-state index contributed by atoms with van der Waals surface area (Å²) in [6.45, 7) is 6.51. The molecule has 0 saturated heterocycles. The molecule has 1 atom stereocenters. The van der Waals surface area contributed by atoms with Crippen molar-refractivity contribution in [3.05, 3.63) is 53.6 Å². The Bertz CT molecular complexity index is 692. The van der Waals surface area contributed by atoms with Crippen LogP contribution in [0.15, 0.2) is 36.7 Å². The summed E-state index contributed by atoms with van der Waals surface area (Å²) in [5.41, 5.74) is 2.69. The van der Waals surface area contributed by atoms with Gasteiger partial charge in [-0.25, -0.2) is 4.98 Å². The molecular formula is C19H26N4O. The quantitative estimate of drug-likeness (QED) is 0.857. The second kappa shape index (κ2) is 7.62. The van der Waals surface area contributed by atoms with E-state index in [1.165, 1.54) is 11.1 Å². The summed E-state index contributed by atoms with van der Waals surface area (Å²) >= 11 is 0. The molecule has 1 amide bonds. The van der Waals surface area contributed by atoms with Gasteiger partial charge in [-0.2, -0.15) is 0 Å². The molecule has 2 N–H and O–H groups in total. The van der Waals surface area contributed by atoms with Crippen molar-refractivity contribution in [2.75, 3.05) is 13.1 Å². The first-order chi connectivity index (χ1) is 11.6. The van der Waals surface area contributed by atoms with Gasteiger partial charge < -0.3 is 15.2 Å². The molecule has 1 aliphatic rings. The summed E-state index contributed by atoms with van der Waals surface area (Å²) in [5, 5.41) is 6.56. The SMILES string of the molecule is CC(C)c1nccn1CCC(=O)NCC1NCCc2ccccc21.